The summed E-state index contributed by atoms with van der Waals surface area (Å²) in [5.74, 6) is -1.62. The van der Waals surface area contributed by atoms with Gasteiger partial charge in [-0.05, 0) is 22.0 Å². The highest BCUT2D eigenvalue weighted by atomic mass is 79.9. The molecule has 2 amide bonds. The number of amides is 2. The molecule has 13 heavy (non-hydrogen) atoms. The average molecular weight is 251 g/mol. The molecule has 6 heteroatoms. The molecule has 0 aliphatic heterocycles. The Morgan fingerprint density at radius 2 is 2.08 bits per heavy atom. The van der Waals surface area contributed by atoms with Crippen LogP contribution in [0.5, 0.6) is 0 Å². The van der Waals surface area contributed by atoms with E-state index in [4.69, 9.17) is 5.73 Å². The van der Waals surface area contributed by atoms with E-state index in [1.807, 2.05) is 5.32 Å². The summed E-state index contributed by atoms with van der Waals surface area (Å²) in [7, 11) is 0. The normalized spacial score (nSPS) is 9.77. The largest absolute Gasteiger partial charge is 0.351 e. The molecule has 1 aromatic carbocycles. The van der Waals surface area contributed by atoms with Gasteiger partial charge in [-0.3, -0.25) is 0 Å². The van der Waals surface area contributed by atoms with Crippen molar-refractivity contribution in [3.63, 3.8) is 0 Å². The predicted octanol–water partition coefficient (Wildman–Crippen LogP) is 2.22. The van der Waals surface area contributed by atoms with Crippen LogP contribution in [0.1, 0.15) is 0 Å². The molecule has 0 saturated heterocycles. The molecule has 0 spiro atoms. The van der Waals surface area contributed by atoms with Gasteiger partial charge in [0.25, 0.3) is 0 Å². The first kappa shape index (κ1) is 9.91. The Morgan fingerprint density at radius 1 is 1.46 bits per heavy atom. The fourth-order valence-electron chi connectivity index (χ4n) is 0.785. The fourth-order valence-corrected chi connectivity index (χ4v) is 1.29. The second kappa shape index (κ2) is 3.69. The molecule has 0 radical (unpaired) electrons. The summed E-state index contributed by atoms with van der Waals surface area (Å²) >= 11 is 2.88. The molecule has 0 heterocycles. The minimum Gasteiger partial charge on any atom is -0.351 e. The van der Waals surface area contributed by atoms with Crippen LogP contribution in [0.2, 0.25) is 0 Å². The number of nitrogens with two attached hydrogens (primary N) is 1. The number of primary amides is 1. The van der Waals surface area contributed by atoms with Gasteiger partial charge in [0.15, 0.2) is 5.82 Å². The van der Waals surface area contributed by atoms with Crippen molar-refractivity contribution in [2.24, 2.45) is 5.73 Å². The van der Waals surface area contributed by atoms with E-state index >= 15 is 0 Å². The minimum atomic E-state index is -0.911. The SMILES string of the molecule is NC(=O)Nc1c(F)cc(F)cc1Br. The van der Waals surface area contributed by atoms with Crippen LogP contribution >= 0.6 is 15.9 Å². The standard InChI is InChI=1S/C7H5BrF2N2O/c8-4-1-3(9)2-5(10)6(4)12-7(11)13/h1-2H,(H3,11,12,13). The van der Waals surface area contributed by atoms with Gasteiger partial charge in [-0.2, -0.15) is 0 Å². The van der Waals surface area contributed by atoms with Gasteiger partial charge >= 0.3 is 6.03 Å². The quantitative estimate of drug-likeness (QED) is 0.789. The van der Waals surface area contributed by atoms with Gasteiger partial charge < -0.3 is 11.1 Å². The summed E-state index contributed by atoms with van der Waals surface area (Å²) in [6.45, 7) is 0. The third kappa shape index (κ3) is 2.38. The lowest BCUT2D eigenvalue weighted by atomic mass is 10.3. The molecule has 1 aromatic rings. The Balaban J connectivity index is 3.13. The van der Waals surface area contributed by atoms with Crippen molar-refractivity contribution >= 4 is 27.6 Å². The zero-order chi connectivity index (χ0) is 10.0. The molecule has 3 N–H and O–H groups in total. The molecule has 3 nitrogen and oxygen atoms in total. The van der Waals surface area contributed by atoms with Crippen molar-refractivity contribution in [1.82, 2.24) is 0 Å². The van der Waals surface area contributed by atoms with E-state index < -0.39 is 17.7 Å². The minimum absolute atomic E-state index is 0.101. The molecule has 0 atom stereocenters. The first-order chi connectivity index (χ1) is 6.00. The van der Waals surface area contributed by atoms with E-state index in [0.717, 1.165) is 6.07 Å². The van der Waals surface area contributed by atoms with Crippen molar-refractivity contribution < 1.29 is 13.6 Å². The topological polar surface area (TPSA) is 55.1 Å². The molecule has 0 bridgehead atoms. The van der Waals surface area contributed by atoms with E-state index in [2.05, 4.69) is 15.9 Å². The zero-order valence-corrected chi connectivity index (χ0v) is 7.86. The molecule has 0 fully saturated rings. The molecule has 70 valence electrons. The smallest absolute Gasteiger partial charge is 0.316 e. The third-order valence-electron chi connectivity index (χ3n) is 1.26. The highest BCUT2D eigenvalue weighted by Gasteiger charge is 2.10. The van der Waals surface area contributed by atoms with Crippen molar-refractivity contribution in [2.45, 2.75) is 0 Å². The molecule has 0 aliphatic carbocycles. The molecule has 0 unspecified atom stereocenters. The highest BCUT2D eigenvalue weighted by molar-refractivity contribution is 9.10. The number of carbonyl (C=O) groups excluding carboxylic acids is 1. The Labute approximate surface area is 81.0 Å². The Morgan fingerprint density at radius 3 is 2.54 bits per heavy atom. The van der Waals surface area contributed by atoms with Gasteiger partial charge in [0.05, 0.1) is 5.69 Å². The second-order valence-electron chi connectivity index (χ2n) is 2.23. The second-order valence-corrected chi connectivity index (χ2v) is 3.09. The summed E-state index contributed by atoms with van der Waals surface area (Å²) in [6.07, 6.45) is 0. The Kier molecular flexibility index (Phi) is 2.82. The van der Waals surface area contributed by atoms with Crippen LogP contribution in [0.25, 0.3) is 0 Å². The van der Waals surface area contributed by atoms with Gasteiger partial charge in [0.1, 0.15) is 5.82 Å². The number of hydrogen-bond donors (Lipinski definition) is 2. The molecule has 1 rings (SSSR count). The van der Waals surface area contributed by atoms with E-state index in [1.165, 1.54) is 0 Å². The van der Waals surface area contributed by atoms with Crippen molar-refractivity contribution in [2.75, 3.05) is 5.32 Å². The molecule has 0 saturated carbocycles. The van der Waals surface area contributed by atoms with E-state index in [0.29, 0.717) is 6.07 Å². The van der Waals surface area contributed by atoms with Crippen LogP contribution in [0, 0.1) is 11.6 Å². The summed E-state index contributed by atoms with van der Waals surface area (Å²) in [5.41, 5.74) is 4.60. The van der Waals surface area contributed by atoms with Crippen LogP contribution in [0.4, 0.5) is 19.3 Å². The summed E-state index contributed by atoms with van der Waals surface area (Å²) in [4.78, 5) is 10.4. The van der Waals surface area contributed by atoms with Crippen molar-refractivity contribution in [3.8, 4) is 0 Å². The van der Waals surface area contributed by atoms with Gasteiger partial charge in [-0.1, -0.05) is 0 Å². The Bertz CT molecular complexity index is 333. The third-order valence-corrected chi connectivity index (χ3v) is 1.88. The summed E-state index contributed by atoms with van der Waals surface area (Å²) in [6, 6.07) is 0.760. The van der Waals surface area contributed by atoms with Crippen LogP contribution < -0.4 is 11.1 Å². The molecule has 0 aromatic heterocycles. The van der Waals surface area contributed by atoms with Gasteiger partial charge in [-0.25, -0.2) is 13.6 Å². The first-order valence-electron chi connectivity index (χ1n) is 3.21. The van der Waals surface area contributed by atoms with E-state index in [-0.39, 0.29) is 10.2 Å². The number of nitrogens with one attached hydrogen (secondary N) is 1. The first-order valence-corrected chi connectivity index (χ1v) is 4.01. The van der Waals surface area contributed by atoms with Gasteiger partial charge in [0, 0.05) is 10.5 Å². The predicted molar refractivity (Wildman–Crippen MR) is 47.3 cm³/mol. The lowest BCUT2D eigenvalue weighted by Gasteiger charge is -2.05. The van der Waals surface area contributed by atoms with E-state index in [9.17, 15) is 13.6 Å². The maximum atomic E-state index is 12.9. The number of halogens is 3. The van der Waals surface area contributed by atoms with Crippen molar-refractivity contribution in [1.29, 1.82) is 0 Å². The number of anilines is 1. The molecular weight excluding hydrogens is 246 g/mol. The molecular formula is C7H5BrF2N2O. The van der Waals surface area contributed by atoms with Crippen LogP contribution in [0.3, 0.4) is 0 Å². The highest BCUT2D eigenvalue weighted by Crippen LogP contribution is 2.26. The number of rotatable bonds is 1. The van der Waals surface area contributed by atoms with Crippen LogP contribution in [0.15, 0.2) is 16.6 Å². The number of hydrogen-bond acceptors (Lipinski definition) is 1. The maximum absolute atomic E-state index is 12.9. The zero-order valence-electron chi connectivity index (χ0n) is 6.27. The van der Waals surface area contributed by atoms with Gasteiger partial charge in [0.2, 0.25) is 0 Å². The monoisotopic (exact) mass is 250 g/mol. The van der Waals surface area contributed by atoms with Crippen LogP contribution in [-0.4, -0.2) is 6.03 Å². The fraction of sp³-hybridized carbons (Fsp3) is 0. The number of carbonyl (C=O) groups is 1. The lowest BCUT2D eigenvalue weighted by molar-refractivity contribution is 0.259. The lowest BCUT2D eigenvalue weighted by Crippen LogP contribution is -2.20. The van der Waals surface area contributed by atoms with Crippen molar-refractivity contribution in [3.05, 3.63) is 28.2 Å². The van der Waals surface area contributed by atoms with Gasteiger partial charge in [-0.15, -0.1) is 0 Å². The maximum Gasteiger partial charge on any atom is 0.316 e. The summed E-state index contributed by atoms with van der Waals surface area (Å²) < 4.78 is 25.6. The number of benzene rings is 1. The molecule has 0 aliphatic rings. The average Bonchev–Trinajstić information content (AvgIpc) is 1.96. The van der Waals surface area contributed by atoms with E-state index in [1.54, 1.807) is 0 Å². The number of urea groups is 1. The summed E-state index contributed by atoms with van der Waals surface area (Å²) in [5, 5.41) is 2.02. The Hall–Kier alpha value is -1.17. The van der Waals surface area contributed by atoms with Crippen LogP contribution in [-0.2, 0) is 0 Å².